The van der Waals surface area contributed by atoms with Crippen LogP contribution in [0.4, 0.5) is 5.13 Å². The molecule has 2 fully saturated rings. The van der Waals surface area contributed by atoms with Crippen molar-refractivity contribution in [2.45, 2.75) is 31.8 Å². The van der Waals surface area contributed by atoms with Crippen LogP contribution in [0.2, 0.25) is 0 Å². The molecule has 18 heavy (non-hydrogen) atoms. The highest BCUT2D eigenvalue weighted by atomic mass is 32.1. The molecule has 2 bridgehead atoms. The second kappa shape index (κ2) is 3.93. The topological polar surface area (TPSA) is 25.4 Å². The second-order valence-corrected chi connectivity index (χ2v) is 6.26. The highest BCUT2D eigenvalue weighted by Gasteiger charge is 2.38. The Labute approximate surface area is 110 Å². The maximum Gasteiger partial charge on any atom is 0.187 e. The van der Waals surface area contributed by atoms with E-state index in [-0.39, 0.29) is 0 Å². The van der Waals surface area contributed by atoms with Crippen LogP contribution in [0.25, 0.3) is 10.2 Å². The third-order valence-corrected chi connectivity index (χ3v) is 5.10. The van der Waals surface area contributed by atoms with Gasteiger partial charge >= 0.3 is 0 Å². The van der Waals surface area contributed by atoms with Gasteiger partial charge in [0, 0.05) is 0 Å². The van der Waals surface area contributed by atoms with Crippen LogP contribution in [0.5, 0.6) is 0 Å². The summed E-state index contributed by atoms with van der Waals surface area (Å²) in [5.41, 5.74) is 2.44. The van der Waals surface area contributed by atoms with Gasteiger partial charge in [-0.05, 0) is 31.4 Å². The first-order valence-corrected chi connectivity index (χ1v) is 7.37. The number of aryl methyl sites for hydroxylation is 1. The van der Waals surface area contributed by atoms with Gasteiger partial charge in [0.2, 0.25) is 0 Å². The largest absolute Gasteiger partial charge is 0.377 e. The summed E-state index contributed by atoms with van der Waals surface area (Å²) in [4.78, 5) is 7.37. The van der Waals surface area contributed by atoms with Crippen molar-refractivity contribution in [2.75, 3.05) is 18.1 Å². The zero-order valence-electron chi connectivity index (χ0n) is 10.4. The Bertz CT molecular complexity index is 578. The molecule has 0 spiro atoms. The van der Waals surface area contributed by atoms with Gasteiger partial charge in [0.05, 0.1) is 35.5 Å². The number of benzene rings is 1. The molecule has 1 aromatic heterocycles. The van der Waals surface area contributed by atoms with Crippen molar-refractivity contribution in [3.63, 3.8) is 0 Å². The maximum absolute atomic E-state index is 5.64. The third kappa shape index (κ3) is 1.49. The molecular weight excluding hydrogens is 244 g/mol. The number of anilines is 1. The summed E-state index contributed by atoms with van der Waals surface area (Å²) in [6, 6.07) is 7.52. The van der Waals surface area contributed by atoms with Crippen molar-refractivity contribution in [3.05, 3.63) is 23.8 Å². The lowest BCUT2D eigenvalue weighted by Gasteiger charge is -2.34. The van der Waals surface area contributed by atoms with E-state index in [2.05, 4.69) is 30.0 Å². The van der Waals surface area contributed by atoms with Crippen molar-refractivity contribution in [3.8, 4) is 0 Å². The van der Waals surface area contributed by atoms with Gasteiger partial charge in [0.15, 0.2) is 5.13 Å². The van der Waals surface area contributed by atoms with Crippen molar-refractivity contribution < 1.29 is 4.74 Å². The van der Waals surface area contributed by atoms with Gasteiger partial charge in [0.25, 0.3) is 0 Å². The Morgan fingerprint density at radius 2 is 2.06 bits per heavy atom. The first kappa shape index (κ1) is 10.8. The summed E-state index contributed by atoms with van der Waals surface area (Å²) >= 11 is 1.82. The van der Waals surface area contributed by atoms with Crippen LogP contribution in [-0.2, 0) is 4.74 Å². The Morgan fingerprint density at radius 1 is 1.28 bits per heavy atom. The van der Waals surface area contributed by atoms with Gasteiger partial charge in [-0.15, -0.1) is 0 Å². The van der Waals surface area contributed by atoms with Crippen LogP contribution in [-0.4, -0.2) is 30.3 Å². The highest BCUT2D eigenvalue weighted by Crippen LogP contribution is 2.38. The molecule has 1 unspecified atom stereocenters. The smallest absolute Gasteiger partial charge is 0.187 e. The van der Waals surface area contributed by atoms with E-state index in [4.69, 9.17) is 9.72 Å². The number of nitrogens with zero attached hydrogens (tertiary/aromatic N) is 2. The number of morpholine rings is 1. The fourth-order valence-corrected chi connectivity index (χ4v) is 4.31. The summed E-state index contributed by atoms with van der Waals surface area (Å²) in [6.45, 7) is 3.87. The average molecular weight is 260 g/mol. The van der Waals surface area contributed by atoms with E-state index in [1.54, 1.807) is 0 Å². The molecule has 0 aliphatic carbocycles. The molecule has 2 aromatic rings. The Kier molecular flexibility index (Phi) is 2.35. The predicted molar refractivity (Wildman–Crippen MR) is 74.5 cm³/mol. The monoisotopic (exact) mass is 260 g/mol. The number of para-hydroxylation sites is 1. The molecule has 1 aromatic carbocycles. The van der Waals surface area contributed by atoms with Crippen molar-refractivity contribution in [1.82, 2.24) is 4.98 Å². The number of fused-ring (bicyclic) bond motifs is 3. The van der Waals surface area contributed by atoms with Crippen LogP contribution in [0.15, 0.2) is 18.2 Å². The van der Waals surface area contributed by atoms with Gasteiger partial charge < -0.3 is 9.64 Å². The number of aromatic nitrogens is 1. The average Bonchev–Trinajstić information content (AvgIpc) is 2.89. The minimum atomic E-state index is 0.546. The summed E-state index contributed by atoms with van der Waals surface area (Å²) < 4.78 is 6.94. The SMILES string of the molecule is Cc1cccc2sc(N3C4CC[C@H]3COC4)nc12. The molecule has 0 saturated carbocycles. The van der Waals surface area contributed by atoms with E-state index in [9.17, 15) is 0 Å². The zero-order chi connectivity index (χ0) is 12.1. The number of hydrogen-bond acceptors (Lipinski definition) is 4. The molecule has 2 aliphatic heterocycles. The summed E-state index contributed by atoms with van der Waals surface area (Å²) in [6.07, 6.45) is 2.50. The van der Waals surface area contributed by atoms with Crippen LogP contribution in [0.1, 0.15) is 18.4 Å². The first-order valence-electron chi connectivity index (χ1n) is 6.55. The molecule has 3 heterocycles. The van der Waals surface area contributed by atoms with Crippen molar-refractivity contribution in [1.29, 1.82) is 0 Å². The Morgan fingerprint density at radius 3 is 2.78 bits per heavy atom. The normalized spacial score (nSPS) is 27.1. The third-order valence-electron chi connectivity index (χ3n) is 4.07. The molecule has 4 rings (SSSR count). The summed E-state index contributed by atoms with van der Waals surface area (Å²) in [5, 5.41) is 1.19. The molecule has 0 radical (unpaired) electrons. The van der Waals surface area contributed by atoms with Crippen molar-refractivity contribution in [2.24, 2.45) is 0 Å². The van der Waals surface area contributed by atoms with E-state index < -0.39 is 0 Å². The summed E-state index contributed by atoms with van der Waals surface area (Å²) in [7, 11) is 0. The lowest BCUT2D eigenvalue weighted by atomic mass is 10.2. The molecule has 4 heteroatoms. The van der Waals surface area contributed by atoms with E-state index in [1.165, 1.54) is 33.8 Å². The lowest BCUT2D eigenvalue weighted by molar-refractivity contribution is 0.0906. The molecule has 0 N–H and O–H groups in total. The fourth-order valence-electron chi connectivity index (χ4n) is 3.13. The molecule has 2 aliphatic rings. The Hall–Kier alpha value is -1.13. The minimum Gasteiger partial charge on any atom is -0.377 e. The molecule has 2 saturated heterocycles. The van der Waals surface area contributed by atoms with Crippen LogP contribution < -0.4 is 4.90 Å². The van der Waals surface area contributed by atoms with E-state index in [0.29, 0.717) is 12.1 Å². The second-order valence-electron chi connectivity index (χ2n) is 5.25. The van der Waals surface area contributed by atoms with E-state index >= 15 is 0 Å². The van der Waals surface area contributed by atoms with Gasteiger partial charge in [-0.2, -0.15) is 0 Å². The van der Waals surface area contributed by atoms with Gasteiger partial charge in [-0.25, -0.2) is 4.98 Å². The molecular formula is C14H16N2OS. The quantitative estimate of drug-likeness (QED) is 0.788. The standard InChI is InChI=1S/C14H16N2OS/c1-9-3-2-4-12-13(9)15-14(18-12)16-10-5-6-11(16)8-17-7-10/h2-4,10-11H,5-8H2,1H3/t10-,11?/m0/s1. The van der Waals surface area contributed by atoms with Gasteiger partial charge in [-0.3, -0.25) is 0 Å². The fraction of sp³-hybridized carbons (Fsp3) is 0.500. The van der Waals surface area contributed by atoms with E-state index in [1.807, 2.05) is 11.3 Å². The minimum absolute atomic E-state index is 0.546. The molecule has 94 valence electrons. The number of rotatable bonds is 1. The number of ether oxygens (including phenoxy) is 1. The first-order chi connectivity index (χ1) is 8.83. The Balaban J connectivity index is 1.81. The highest BCUT2D eigenvalue weighted by molar-refractivity contribution is 7.22. The maximum atomic E-state index is 5.64. The number of thiazole rings is 1. The predicted octanol–water partition coefficient (Wildman–Crippen LogP) is 2.97. The van der Waals surface area contributed by atoms with Crippen LogP contribution in [0, 0.1) is 6.92 Å². The van der Waals surface area contributed by atoms with Crippen LogP contribution in [0.3, 0.4) is 0 Å². The van der Waals surface area contributed by atoms with Crippen molar-refractivity contribution >= 4 is 26.7 Å². The number of hydrogen-bond donors (Lipinski definition) is 0. The van der Waals surface area contributed by atoms with Gasteiger partial charge in [-0.1, -0.05) is 23.5 Å². The van der Waals surface area contributed by atoms with Gasteiger partial charge in [0.1, 0.15) is 0 Å². The molecule has 3 nitrogen and oxygen atoms in total. The molecule has 0 amide bonds. The zero-order valence-corrected chi connectivity index (χ0v) is 11.2. The summed E-state index contributed by atoms with van der Waals surface area (Å²) in [5.74, 6) is 0. The molecule has 2 atom stereocenters. The van der Waals surface area contributed by atoms with E-state index in [0.717, 1.165) is 13.2 Å². The lowest BCUT2D eigenvalue weighted by Crippen LogP contribution is -2.45. The van der Waals surface area contributed by atoms with Crippen LogP contribution >= 0.6 is 11.3 Å².